The highest BCUT2D eigenvalue weighted by molar-refractivity contribution is 7.89. The molecule has 6 nitrogen and oxygen atoms in total. The van der Waals surface area contributed by atoms with E-state index in [2.05, 4.69) is 10.1 Å². The van der Waals surface area contributed by atoms with Gasteiger partial charge in [0.25, 0.3) is 5.91 Å². The number of ether oxygens (including phenoxy) is 1. The molecule has 1 amide bonds. The molecule has 1 saturated heterocycles. The highest BCUT2D eigenvalue weighted by Gasteiger charge is 2.28. The van der Waals surface area contributed by atoms with Crippen LogP contribution in [0.4, 0.5) is 14.5 Å². The third kappa shape index (κ3) is 5.23. The zero-order chi connectivity index (χ0) is 21.0. The lowest BCUT2D eigenvalue weighted by Gasteiger charge is -2.26. The molecular weight excluding hydrogens is 426 g/mol. The minimum absolute atomic E-state index is 0.0422. The maximum absolute atomic E-state index is 12.9. The van der Waals surface area contributed by atoms with Crippen LogP contribution in [0, 0.1) is 0 Å². The van der Waals surface area contributed by atoms with Gasteiger partial charge in [0, 0.05) is 24.3 Å². The highest BCUT2D eigenvalue weighted by Crippen LogP contribution is 2.28. The summed E-state index contributed by atoms with van der Waals surface area (Å²) in [7, 11) is -3.80. The van der Waals surface area contributed by atoms with Crippen LogP contribution >= 0.6 is 11.6 Å². The Balaban J connectivity index is 1.79. The van der Waals surface area contributed by atoms with Gasteiger partial charge in [-0.05, 0) is 55.3 Å². The molecule has 0 aromatic heterocycles. The molecule has 1 fully saturated rings. The molecular formula is C19H19ClF2N2O4S. The first kappa shape index (κ1) is 21.5. The molecule has 0 saturated carbocycles. The highest BCUT2D eigenvalue weighted by atomic mass is 35.5. The SMILES string of the molecule is O=C(Nc1ccc(OC(F)F)cc1)c1ccc(Cl)c(S(=O)(=O)N2CCCCC2)c1. The maximum Gasteiger partial charge on any atom is 0.387 e. The number of rotatable bonds is 6. The summed E-state index contributed by atoms with van der Waals surface area (Å²) in [5.41, 5.74) is 0.449. The number of hydrogen-bond acceptors (Lipinski definition) is 4. The van der Waals surface area contributed by atoms with E-state index in [9.17, 15) is 22.0 Å². The topological polar surface area (TPSA) is 75.7 Å². The molecule has 0 bridgehead atoms. The number of amides is 1. The molecule has 1 heterocycles. The van der Waals surface area contributed by atoms with Crippen LogP contribution in [0.3, 0.4) is 0 Å². The Bertz CT molecular complexity index is 978. The number of nitrogens with one attached hydrogen (secondary N) is 1. The zero-order valence-electron chi connectivity index (χ0n) is 15.3. The normalized spacial score (nSPS) is 15.3. The van der Waals surface area contributed by atoms with Gasteiger partial charge in [0.1, 0.15) is 10.6 Å². The largest absolute Gasteiger partial charge is 0.435 e. The Hall–Kier alpha value is -2.23. The van der Waals surface area contributed by atoms with Crippen LogP contribution in [0.25, 0.3) is 0 Å². The van der Waals surface area contributed by atoms with Crippen molar-refractivity contribution in [1.82, 2.24) is 4.31 Å². The van der Waals surface area contributed by atoms with Gasteiger partial charge >= 0.3 is 6.61 Å². The molecule has 0 aliphatic carbocycles. The predicted molar refractivity (Wildman–Crippen MR) is 105 cm³/mol. The molecule has 29 heavy (non-hydrogen) atoms. The van der Waals surface area contributed by atoms with Crippen molar-refractivity contribution in [3.63, 3.8) is 0 Å². The van der Waals surface area contributed by atoms with Crippen LogP contribution in [0.15, 0.2) is 47.4 Å². The van der Waals surface area contributed by atoms with Crippen molar-refractivity contribution in [2.75, 3.05) is 18.4 Å². The van der Waals surface area contributed by atoms with Gasteiger partial charge in [0.2, 0.25) is 10.0 Å². The second-order valence-electron chi connectivity index (χ2n) is 6.47. The van der Waals surface area contributed by atoms with Gasteiger partial charge in [-0.25, -0.2) is 8.42 Å². The smallest absolute Gasteiger partial charge is 0.387 e. The second kappa shape index (κ2) is 9.06. The molecule has 1 aliphatic rings. The summed E-state index contributed by atoms with van der Waals surface area (Å²) in [6.07, 6.45) is 2.54. The molecule has 0 spiro atoms. The average molecular weight is 445 g/mol. The molecule has 1 N–H and O–H groups in total. The quantitative estimate of drug-likeness (QED) is 0.717. The zero-order valence-corrected chi connectivity index (χ0v) is 16.8. The Kier molecular flexibility index (Phi) is 6.71. The summed E-state index contributed by atoms with van der Waals surface area (Å²) in [5.74, 6) is -0.598. The van der Waals surface area contributed by atoms with Crippen molar-refractivity contribution in [1.29, 1.82) is 0 Å². The van der Waals surface area contributed by atoms with Gasteiger partial charge in [0.05, 0.1) is 5.02 Å². The summed E-state index contributed by atoms with van der Waals surface area (Å²) >= 11 is 6.11. The van der Waals surface area contributed by atoms with Crippen LogP contribution in [0.5, 0.6) is 5.75 Å². The maximum atomic E-state index is 12.9. The van der Waals surface area contributed by atoms with Crippen molar-refractivity contribution in [3.8, 4) is 5.75 Å². The lowest BCUT2D eigenvalue weighted by atomic mass is 10.2. The van der Waals surface area contributed by atoms with Gasteiger partial charge in [0.15, 0.2) is 0 Å². The summed E-state index contributed by atoms with van der Waals surface area (Å²) < 4.78 is 55.8. The lowest BCUT2D eigenvalue weighted by Crippen LogP contribution is -2.35. The molecule has 0 unspecified atom stereocenters. The number of benzene rings is 2. The molecule has 1 aliphatic heterocycles. The summed E-state index contributed by atoms with van der Waals surface area (Å²) in [6.45, 7) is -2.10. The Labute approximate surface area is 172 Å². The monoisotopic (exact) mass is 444 g/mol. The van der Waals surface area contributed by atoms with Crippen LogP contribution < -0.4 is 10.1 Å². The summed E-state index contributed by atoms with van der Waals surface area (Å²) in [5, 5.41) is 2.63. The number of anilines is 1. The Morgan fingerprint density at radius 2 is 1.72 bits per heavy atom. The molecule has 10 heteroatoms. The van der Waals surface area contributed by atoms with E-state index >= 15 is 0 Å². The first-order chi connectivity index (χ1) is 13.8. The fourth-order valence-electron chi connectivity index (χ4n) is 3.01. The Morgan fingerprint density at radius 3 is 2.34 bits per heavy atom. The van der Waals surface area contributed by atoms with E-state index in [4.69, 9.17) is 11.6 Å². The number of carbonyl (C=O) groups excluding carboxylic acids is 1. The van der Waals surface area contributed by atoms with Gasteiger partial charge in [-0.3, -0.25) is 4.79 Å². The standard InChI is InChI=1S/C19H19ClF2N2O4S/c20-16-9-4-13(12-17(16)29(26,27)24-10-2-1-3-11-24)18(25)23-14-5-7-15(8-6-14)28-19(21)22/h4-9,12,19H,1-3,10-11H2,(H,23,25). The van der Waals surface area contributed by atoms with Crippen LogP contribution in [-0.2, 0) is 10.0 Å². The molecule has 2 aromatic rings. The minimum atomic E-state index is -3.80. The van der Waals surface area contributed by atoms with Crippen molar-refractivity contribution in [3.05, 3.63) is 53.1 Å². The van der Waals surface area contributed by atoms with Gasteiger partial charge in [-0.15, -0.1) is 0 Å². The summed E-state index contributed by atoms with van der Waals surface area (Å²) in [6, 6.07) is 9.41. The Morgan fingerprint density at radius 1 is 1.07 bits per heavy atom. The molecule has 156 valence electrons. The third-order valence-corrected chi connectivity index (χ3v) is 6.84. The number of nitrogens with zero attached hydrogens (tertiary/aromatic N) is 1. The van der Waals surface area contributed by atoms with E-state index in [0.29, 0.717) is 18.8 Å². The number of hydrogen-bond donors (Lipinski definition) is 1. The first-order valence-electron chi connectivity index (χ1n) is 8.93. The van der Waals surface area contributed by atoms with E-state index in [1.165, 1.54) is 46.8 Å². The van der Waals surface area contributed by atoms with Gasteiger partial charge in [-0.2, -0.15) is 13.1 Å². The van der Waals surface area contributed by atoms with E-state index in [1.807, 2.05) is 0 Å². The predicted octanol–water partition coefficient (Wildman–Crippen LogP) is 4.37. The third-order valence-electron chi connectivity index (χ3n) is 4.46. The van der Waals surface area contributed by atoms with E-state index < -0.39 is 22.5 Å². The van der Waals surface area contributed by atoms with E-state index in [-0.39, 0.29) is 21.2 Å². The first-order valence-corrected chi connectivity index (χ1v) is 10.7. The number of carbonyl (C=O) groups is 1. The molecule has 2 aromatic carbocycles. The number of halogens is 3. The summed E-state index contributed by atoms with van der Waals surface area (Å²) in [4.78, 5) is 12.4. The fourth-order valence-corrected chi connectivity index (χ4v) is 5.03. The molecule has 0 atom stereocenters. The van der Waals surface area contributed by atoms with Crippen molar-refractivity contribution >= 4 is 33.2 Å². The number of sulfonamides is 1. The van der Waals surface area contributed by atoms with Crippen molar-refractivity contribution in [2.24, 2.45) is 0 Å². The van der Waals surface area contributed by atoms with Crippen LogP contribution in [-0.4, -0.2) is 38.3 Å². The lowest BCUT2D eigenvalue weighted by molar-refractivity contribution is -0.0498. The van der Waals surface area contributed by atoms with Crippen molar-refractivity contribution < 1.29 is 26.7 Å². The van der Waals surface area contributed by atoms with E-state index in [1.54, 1.807) is 0 Å². The van der Waals surface area contributed by atoms with Crippen LogP contribution in [0.2, 0.25) is 5.02 Å². The van der Waals surface area contributed by atoms with Crippen molar-refractivity contribution in [2.45, 2.75) is 30.8 Å². The second-order valence-corrected chi connectivity index (χ2v) is 8.78. The molecule has 0 radical (unpaired) electrons. The van der Waals surface area contributed by atoms with Gasteiger partial charge < -0.3 is 10.1 Å². The van der Waals surface area contributed by atoms with E-state index in [0.717, 1.165) is 19.3 Å². The molecule has 3 rings (SSSR count). The number of piperidine rings is 1. The van der Waals surface area contributed by atoms with Crippen LogP contribution in [0.1, 0.15) is 29.6 Å². The minimum Gasteiger partial charge on any atom is -0.435 e. The van der Waals surface area contributed by atoms with Gasteiger partial charge in [-0.1, -0.05) is 18.0 Å². The number of alkyl halides is 2. The fraction of sp³-hybridized carbons (Fsp3) is 0.316. The average Bonchev–Trinajstić information content (AvgIpc) is 2.70.